The van der Waals surface area contributed by atoms with Crippen LogP contribution in [0.3, 0.4) is 0 Å². The highest BCUT2D eigenvalue weighted by molar-refractivity contribution is 7.89. The normalized spacial score (nSPS) is 12.7. The maximum absolute atomic E-state index is 13.9. The van der Waals surface area contributed by atoms with Gasteiger partial charge < -0.3 is 9.84 Å². The third kappa shape index (κ3) is 5.52. The molecule has 2 aromatic carbocycles. The van der Waals surface area contributed by atoms with Gasteiger partial charge in [0.25, 0.3) is 0 Å². The maximum atomic E-state index is 13.9. The van der Waals surface area contributed by atoms with Crippen molar-refractivity contribution in [1.29, 1.82) is 0 Å². The molecule has 5 nitrogen and oxygen atoms in total. The van der Waals surface area contributed by atoms with Gasteiger partial charge in [0.2, 0.25) is 10.0 Å². The van der Waals surface area contributed by atoms with Crippen LogP contribution < -0.4 is 9.46 Å². The molecule has 7 heteroatoms. The maximum Gasteiger partial charge on any atom is 0.240 e. The van der Waals surface area contributed by atoms with Crippen LogP contribution >= 0.6 is 0 Å². The van der Waals surface area contributed by atoms with Crippen molar-refractivity contribution in [2.24, 2.45) is 0 Å². The molecule has 0 aromatic heterocycles. The summed E-state index contributed by atoms with van der Waals surface area (Å²) in [6, 6.07) is 13.2. The average Bonchev–Trinajstić information content (AvgIpc) is 2.63. The molecule has 0 aliphatic rings. The highest BCUT2D eigenvalue weighted by Crippen LogP contribution is 2.24. The van der Waals surface area contributed by atoms with Gasteiger partial charge in [-0.1, -0.05) is 30.3 Å². The Bertz CT molecular complexity index is 796. The van der Waals surface area contributed by atoms with Gasteiger partial charge >= 0.3 is 0 Å². The Morgan fingerprint density at radius 3 is 2.50 bits per heavy atom. The van der Waals surface area contributed by atoms with E-state index in [1.807, 2.05) is 30.3 Å². The molecule has 0 heterocycles. The van der Waals surface area contributed by atoms with Gasteiger partial charge in [-0.3, -0.25) is 0 Å². The van der Waals surface area contributed by atoms with Gasteiger partial charge in [0.15, 0.2) is 11.6 Å². The van der Waals surface area contributed by atoms with E-state index in [1.54, 1.807) is 6.92 Å². The van der Waals surface area contributed by atoms with Crippen molar-refractivity contribution in [1.82, 2.24) is 4.72 Å². The molecule has 0 radical (unpaired) electrons. The standard InChI is InChI=1S/C19H24FNO4S/c1-2-25-19-9-8-17(14-18(19)20)26(23,24)21-12-10-16(11-13-22)15-6-4-3-5-7-15/h3-9,14,16,21-22H,2,10-13H2,1H3. The molecular formula is C19H24FNO4S. The number of hydrogen-bond donors (Lipinski definition) is 2. The van der Waals surface area contributed by atoms with Crippen LogP contribution in [0.25, 0.3) is 0 Å². The van der Waals surface area contributed by atoms with Crippen molar-refractivity contribution in [2.45, 2.75) is 30.6 Å². The summed E-state index contributed by atoms with van der Waals surface area (Å²) < 4.78 is 46.2. The van der Waals surface area contributed by atoms with Crippen LogP contribution in [-0.4, -0.2) is 33.3 Å². The lowest BCUT2D eigenvalue weighted by atomic mass is 9.93. The van der Waals surface area contributed by atoms with E-state index >= 15 is 0 Å². The molecule has 0 amide bonds. The molecule has 2 N–H and O–H groups in total. The lowest BCUT2D eigenvalue weighted by molar-refractivity contribution is 0.273. The van der Waals surface area contributed by atoms with E-state index in [0.29, 0.717) is 19.4 Å². The van der Waals surface area contributed by atoms with Crippen molar-refractivity contribution < 1.29 is 22.7 Å². The first-order chi connectivity index (χ1) is 12.5. The van der Waals surface area contributed by atoms with Crippen LogP contribution in [0.1, 0.15) is 31.2 Å². The fourth-order valence-corrected chi connectivity index (χ4v) is 3.79. The topological polar surface area (TPSA) is 75.6 Å². The van der Waals surface area contributed by atoms with E-state index in [0.717, 1.165) is 11.6 Å². The monoisotopic (exact) mass is 381 g/mol. The summed E-state index contributed by atoms with van der Waals surface area (Å²) in [6.07, 6.45) is 1.08. The molecule has 2 aromatic rings. The molecule has 0 saturated carbocycles. The first-order valence-electron chi connectivity index (χ1n) is 8.55. The van der Waals surface area contributed by atoms with Crippen molar-refractivity contribution in [3.8, 4) is 5.75 Å². The number of ether oxygens (including phenoxy) is 1. The molecular weight excluding hydrogens is 357 g/mol. The van der Waals surface area contributed by atoms with Gasteiger partial charge in [-0.05, 0) is 49.4 Å². The predicted molar refractivity (Wildman–Crippen MR) is 98.3 cm³/mol. The third-order valence-corrected chi connectivity index (χ3v) is 5.51. The Morgan fingerprint density at radius 1 is 1.15 bits per heavy atom. The quantitative estimate of drug-likeness (QED) is 0.663. The zero-order valence-electron chi connectivity index (χ0n) is 14.7. The van der Waals surface area contributed by atoms with Crippen molar-refractivity contribution in [3.05, 3.63) is 59.9 Å². The van der Waals surface area contributed by atoms with E-state index in [9.17, 15) is 17.9 Å². The zero-order valence-corrected chi connectivity index (χ0v) is 15.5. The number of sulfonamides is 1. The van der Waals surface area contributed by atoms with E-state index in [-0.39, 0.29) is 29.7 Å². The Balaban J connectivity index is 2.01. The summed E-state index contributed by atoms with van der Waals surface area (Å²) in [6.45, 7) is 2.24. The van der Waals surface area contributed by atoms with Crippen LogP contribution in [0, 0.1) is 5.82 Å². The first-order valence-corrected chi connectivity index (χ1v) is 10.0. The van der Waals surface area contributed by atoms with E-state index in [1.165, 1.54) is 12.1 Å². The molecule has 0 saturated heterocycles. The average molecular weight is 381 g/mol. The smallest absolute Gasteiger partial charge is 0.240 e. The second-order valence-corrected chi connectivity index (χ2v) is 7.60. The highest BCUT2D eigenvalue weighted by Gasteiger charge is 2.18. The minimum Gasteiger partial charge on any atom is -0.491 e. The molecule has 26 heavy (non-hydrogen) atoms. The fraction of sp³-hybridized carbons (Fsp3) is 0.368. The van der Waals surface area contributed by atoms with Crippen molar-refractivity contribution >= 4 is 10.0 Å². The molecule has 0 aliphatic carbocycles. The number of aliphatic hydroxyl groups is 1. The lowest BCUT2D eigenvalue weighted by Crippen LogP contribution is -2.26. The SMILES string of the molecule is CCOc1ccc(S(=O)(=O)NCCC(CCO)c2ccccc2)cc1F. The minimum absolute atomic E-state index is 0.0242. The number of aliphatic hydroxyl groups excluding tert-OH is 1. The molecule has 1 atom stereocenters. The highest BCUT2D eigenvalue weighted by atomic mass is 32.2. The van der Waals surface area contributed by atoms with E-state index in [2.05, 4.69) is 4.72 Å². The van der Waals surface area contributed by atoms with Crippen molar-refractivity contribution in [2.75, 3.05) is 19.8 Å². The fourth-order valence-electron chi connectivity index (χ4n) is 2.73. The van der Waals surface area contributed by atoms with Gasteiger partial charge in [-0.15, -0.1) is 0 Å². The number of nitrogens with one attached hydrogen (secondary N) is 1. The number of halogens is 1. The van der Waals surface area contributed by atoms with Crippen LogP contribution in [0.2, 0.25) is 0 Å². The first kappa shape index (κ1) is 20.4. The second-order valence-electron chi connectivity index (χ2n) is 5.83. The molecule has 0 spiro atoms. The van der Waals surface area contributed by atoms with Crippen LogP contribution in [-0.2, 0) is 10.0 Å². The Labute approximate surface area is 153 Å². The van der Waals surface area contributed by atoms with Crippen LogP contribution in [0.4, 0.5) is 4.39 Å². The molecule has 2 rings (SSSR count). The molecule has 1 unspecified atom stereocenters. The Morgan fingerprint density at radius 2 is 1.88 bits per heavy atom. The van der Waals surface area contributed by atoms with E-state index < -0.39 is 15.8 Å². The Kier molecular flexibility index (Phi) is 7.56. The second kappa shape index (κ2) is 9.66. The summed E-state index contributed by atoms with van der Waals surface area (Å²) in [5, 5.41) is 9.24. The summed E-state index contributed by atoms with van der Waals surface area (Å²) >= 11 is 0. The number of rotatable bonds is 10. The third-order valence-electron chi connectivity index (χ3n) is 4.05. The molecule has 0 aliphatic heterocycles. The molecule has 0 fully saturated rings. The molecule has 0 bridgehead atoms. The number of benzene rings is 2. The zero-order chi connectivity index (χ0) is 19.0. The van der Waals surface area contributed by atoms with Crippen molar-refractivity contribution in [3.63, 3.8) is 0 Å². The van der Waals surface area contributed by atoms with Crippen LogP contribution in [0.15, 0.2) is 53.4 Å². The summed E-state index contributed by atoms with van der Waals surface area (Å²) in [5.41, 5.74) is 1.05. The largest absolute Gasteiger partial charge is 0.491 e. The van der Waals surface area contributed by atoms with Gasteiger partial charge in [-0.25, -0.2) is 17.5 Å². The summed E-state index contributed by atoms with van der Waals surface area (Å²) in [4.78, 5) is -0.142. The summed E-state index contributed by atoms with van der Waals surface area (Å²) in [7, 11) is -3.82. The molecule has 142 valence electrons. The lowest BCUT2D eigenvalue weighted by Gasteiger charge is -2.17. The van der Waals surface area contributed by atoms with E-state index in [4.69, 9.17) is 4.74 Å². The number of hydrogen-bond acceptors (Lipinski definition) is 4. The van der Waals surface area contributed by atoms with Gasteiger partial charge in [0.1, 0.15) is 0 Å². The predicted octanol–water partition coefficient (Wildman–Crippen LogP) is 3.06. The van der Waals surface area contributed by atoms with Gasteiger partial charge in [0, 0.05) is 13.2 Å². The van der Waals surface area contributed by atoms with Crippen LogP contribution in [0.5, 0.6) is 5.75 Å². The minimum atomic E-state index is -3.82. The van der Waals surface area contributed by atoms with Gasteiger partial charge in [-0.2, -0.15) is 0 Å². The van der Waals surface area contributed by atoms with Gasteiger partial charge in [0.05, 0.1) is 11.5 Å². The summed E-state index contributed by atoms with van der Waals surface area (Å²) in [5.74, 6) is -0.642. The Hall–Kier alpha value is -1.96.